The first-order chi connectivity index (χ1) is 15.6. The van der Waals surface area contributed by atoms with Crippen LogP contribution in [0, 0.1) is 0 Å². The third-order valence-corrected chi connectivity index (χ3v) is 6.90. The molecule has 9 heteroatoms. The molecular weight excluding hydrogens is 428 g/mol. The van der Waals surface area contributed by atoms with Crippen LogP contribution in [0.1, 0.15) is 5.56 Å². The molecule has 0 radical (unpaired) electrons. The fourth-order valence-electron chi connectivity index (χ4n) is 3.78. The summed E-state index contributed by atoms with van der Waals surface area (Å²) in [6, 6.07) is 14.5. The van der Waals surface area contributed by atoms with E-state index in [2.05, 4.69) is 15.6 Å². The monoisotopic (exact) mass is 450 g/mol. The summed E-state index contributed by atoms with van der Waals surface area (Å²) in [5.41, 5.74) is 3.05. The standard InChI is InChI=1S/C23H22N4O4S/c1-24-13-16-15-27(32(28,29)19-3-2-8-25-14-19)21-11-17(4-6-20(16)21)26-18-5-7-22-23(12-18)31-10-9-30-22/h2-8,11-12,14-15,24,26H,9-10,13H2,1H3. The first-order valence-electron chi connectivity index (χ1n) is 10.2. The number of hydrogen-bond acceptors (Lipinski definition) is 7. The Hall–Kier alpha value is -3.56. The highest BCUT2D eigenvalue weighted by Crippen LogP contribution is 2.35. The van der Waals surface area contributed by atoms with Crippen molar-refractivity contribution in [3.8, 4) is 11.5 Å². The maximum absolute atomic E-state index is 13.3. The van der Waals surface area contributed by atoms with Crippen LogP contribution in [0.2, 0.25) is 0 Å². The molecule has 0 bridgehead atoms. The molecule has 2 N–H and O–H groups in total. The molecule has 3 heterocycles. The lowest BCUT2D eigenvalue weighted by Crippen LogP contribution is -2.15. The quantitative estimate of drug-likeness (QED) is 0.464. The molecule has 0 amide bonds. The second-order valence-electron chi connectivity index (χ2n) is 7.39. The largest absolute Gasteiger partial charge is 0.486 e. The third-order valence-electron chi connectivity index (χ3n) is 5.24. The Morgan fingerprint density at radius 2 is 1.81 bits per heavy atom. The molecule has 0 saturated heterocycles. The van der Waals surface area contributed by atoms with Crippen LogP contribution in [-0.4, -0.2) is 37.6 Å². The minimum Gasteiger partial charge on any atom is -0.486 e. The van der Waals surface area contributed by atoms with Crippen molar-refractivity contribution in [2.24, 2.45) is 0 Å². The summed E-state index contributed by atoms with van der Waals surface area (Å²) < 4.78 is 39.2. The van der Waals surface area contributed by atoms with Gasteiger partial charge in [0.25, 0.3) is 10.0 Å². The first-order valence-corrected chi connectivity index (χ1v) is 11.6. The van der Waals surface area contributed by atoms with E-state index >= 15 is 0 Å². The van der Waals surface area contributed by atoms with Crippen molar-refractivity contribution < 1.29 is 17.9 Å². The molecule has 32 heavy (non-hydrogen) atoms. The van der Waals surface area contributed by atoms with Gasteiger partial charge >= 0.3 is 0 Å². The highest BCUT2D eigenvalue weighted by molar-refractivity contribution is 7.90. The zero-order chi connectivity index (χ0) is 22.1. The fourth-order valence-corrected chi connectivity index (χ4v) is 5.12. The summed E-state index contributed by atoms with van der Waals surface area (Å²) in [5, 5.41) is 7.30. The van der Waals surface area contributed by atoms with Crippen LogP contribution in [0.3, 0.4) is 0 Å². The van der Waals surface area contributed by atoms with Gasteiger partial charge in [-0.2, -0.15) is 0 Å². The summed E-state index contributed by atoms with van der Waals surface area (Å²) in [5.74, 6) is 1.39. The van der Waals surface area contributed by atoms with E-state index in [1.165, 1.54) is 10.2 Å². The molecule has 1 aliphatic heterocycles. The van der Waals surface area contributed by atoms with Gasteiger partial charge in [0.15, 0.2) is 11.5 Å². The topological polar surface area (TPSA) is 94.5 Å². The zero-order valence-electron chi connectivity index (χ0n) is 17.4. The second kappa shape index (κ2) is 8.18. The highest BCUT2D eigenvalue weighted by atomic mass is 32.2. The lowest BCUT2D eigenvalue weighted by atomic mass is 10.1. The molecule has 2 aromatic carbocycles. The number of pyridine rings is 1. The van der Waals surface area contributed by atoms with Gasteiger partial charge in [0, 0.05) is 48.0 Å². The van der Waals surface area contributed by atoms with Gasteiger partial charge in [-0.05, 0) is 49.0 Å². The average Bonchev–Trinajstić information content (AvgIpc) is 3.18. The number of fused-ring (bicyclic) bond motifs is 2. The summed E-state index contributed by atoms with van der Waals surface area (Å²) in [7, 11) is -1.97. The molecule has 0 saturated carbocycles. The van der Waals surface area contributed by atoms with E-state index in [0.717, 1.165) is 22.3 Å². The fraction of sp³-hybridized carbons (Fsp3) is 0.174. The van der Waals surface area contributed by atoms with E-state index < -0.39 is 10.0 Å². The maximum atomic E-state index is 13.3. The van der Waals surface area contributed by atoms with E-state index in [1.807, 2.05) is 43.4 Å². The number of ether oxygens (including phenoxy) is 2. The van der Waals surface area contributed by atoms with Gasteiger partial charge in [-0.15, -0.1) is 0 Å². The summed E-state index contributed by atoms with van der Waals surface area (Å²) in [4.78, 5) is 4.11. The van der Waals surface area contributed by atoms with Gasteiger partial charge in [0.05, 0.1) is 5.52 Å². The van der Waals surface area contributed by atoms with Crippen LogP contribution in [0.15, 0.2) is 72.0 Å². The summed E-state index contributed by atoms with van der Waals surface area (Å²) in [6.45, 7) is 1.59. The van der Waals surface area contributed by atoms with Crippen LogP contribution in [0.25, 0.3) is 10.9 Å². The third kappa shape index (κ3) is 3.65. The first kappa shape index (κ1) is 20.3. The number of nitrogens with zero attached hydrogens (tertiary/aromatic N) is 2. The molecule has 0 fully saturated rings. The molecule has 0 atom stereocenters. The molecule has 8 nitrogen and oxygen atoms in total. The minimum absolute atomic E-state index is 0.137. The zero-order valence-corrected chi connectivity index (χ0v) is 18.2. The van der Waals surface area contributed by atoms with Crippen molar-refractivity contribution in [3.63, 3.8) is 0 Å². The van der Waals surface area contributed by atoms with Crippen molar-refractivity contribution >= 4 is 32.3 Å². The number of nitrogens with one attached hydrogen (secondary N) is 2. The normalized spacial score (nSPS) is 13.3. The maximum Gasteiger partial charge on any atom is 0.269 e. The van der Waals surface area contributed by atoms with Gasteiger partial charge in [-0.25, -0.2) is 12.4 Å². The number of hydrogen-bond donors (Lipinski definition) is 2. The molecule has 0 spiro atoms. The van der Waals surface area contributed by atoms with E-state index in [9.17, 15) is 8.42 Å². The molecule has 4 aromatic rings. The molecule has 1 aliphatic rings. The molecule has 0 aliphatic carbocycles. The van der Waals surface area contributed by atoms with Gasteiger partial charge in [-0.1, -0.05) is 6.07 Å². The van der Waals surface area contributed by atoms with E-state index in [4.69, 9.17) is 9.47 Å². The Morgan fingerprint density at radius 3 is 2.59 bits per heavy atom. The van der Waals surface area contributed by atoms with Gasteiger partial charge in [0.1, 0.15) is 18.1 Å². The highest BCUT2D eigenvalue weighted by Gasteiger charge is 2.22. The van der Waals surface area contributed by atoms with Crippen LogP contribution >= 0.6 is 0 Å². The Kier molecular flexibility index (Phi) is 5.20. The number of anilines is 2. The van der Waals surface area contributed by atoms with Crippen LogP contribution in [0.5, 0.6) is 11.5 Å². The van der Waals surface area contributed by atoms with Crippen molar-refractivity contribution in [1.82, 2.24) is 14.3 Å². The minimum atomic E-state index is -3.80. The van der Waals surface area contributed by atoms with Crippen molar-refractivity contribution in [3.05, 3.63) is 72.7 Å². The van der Waals surface area contributed by atoms with Crippen LogP contribution in [0.4, 0.5) is 11.4 Å². The van der Waals surface area contributed by atoms with Crippen LogP contribution < -0.4 is 20.1 Å². The van der Waals surface area contributed by atoms with E-state index in [1.54, 1.807) is 24.5 Å². The van der Waals surface area contributed by atoms with Crippen molar-refractivity contribution in [2.75, 3.05) is 25.6 Å². The Labute approximate surface area is 185 Å². The molecule has 164 valence electrons. The molecule has 5 rings (SSSR count). The van der Waals surface area contributed by atoms with Gasteiger partial charge in [0.2, 0.25) is 0 Å². The smallest absolute Gasteiger partial charge is 0.269 e. The Morgan fingerprint density at radius 1 is 1.03 bits per heavy atom. The predicted octanol–water partition coefficient (Wildman–Crippen LogP) is 3.51. The molecular formula is C23H22N4O4S. The summed E-state index contributed by atoms with van der Waals surface area (Å²) in [6.07, 6.45) is 4.57. The number of rotatable bonds is 6. The molecule has 0 unspecified atom stereocenters. The van der Waals surface area contributed by atoms with Crippen molar-refractivity contribution in [1.29, 1.82) is 0 Å². The van der Waals surface area contributed by atoms with E-state index in [0.29, 0.717) is 36.8 Å². The van der Waals surface area contributed by atoms with Gasteiger partial charge in [-0.3, -0.25) is 4.98 Å². The van der Waals surface area contributed by atoms with Gasteiger partial charge < -0.3 is 20.1 Å². The summed E-state index contributed by atoms with van der Waals surface area (Å²) >= 11 is 0. The van der Waals surface area contributed by atoms with Crippen molar-refractivity contribution in [2.45, 2.75) is 11.4 Å². The lowest BCUT2D eigenvalue weighted by Gasteiger charge is -2.19. The number of aromatic nitrogens is 2. The molecule has 2 aromatic heterocycles. The Bertz CT molecular complexity index is 1380. The SMILES string of the molecule is CNCc1cn(S(=O)(=O)c2cccnc2)c2cc(Nc3ccc4c(c3)OCCO4)ccc12. The van der Waals surface area contributed by atoms with E-state index in [-0.39, 0.29) is 4.90 Å². The number of benzene rings is 2. The average molecular weight is 451 g/mol. The lowest BCUT2D eigenvalue weighted by molar-refractivity contribution is 0.171. The second-order valence-corrected chi connectivity index (χ2v) is 9.20. The Balaban J connectivity index is 1.57. The van der Waals surface area contributed by atoms with Crippen LogP contribution in [-0.2, 0) is 16.6 Å². The predicted molar refractivity (Wildman–Crippen MR) is 122 cm³/mol.